The van der Waals surface area contributed by atoms with Crippen molar-refractivity contribution >= 4 is 5.91 Å². The second-order valence-corrected chi connectivity index (χ2v) is 6.21. The molecule has 0 spiro atoms. The molecule has 1 aromatic rings. The van der Waals surface area contributed by atoms with Crippen molar-refractivity contribution in [3.05, 3.63) is 30.1 Å². The van der Waals surface area contributed by atoms with Gasteiger partial charge in [-0.2, -0.15) is 0 Å². The highest BCUT2D eigenvalue weighted by Gasteiger charge is 2.47. The van der Waals surface area contributed by atoms with Crippen LogP contribution in [0.4, 0.5) is 0 Å². The Morgan fingerprint density at radius 3 is 3.09 bits per heavy atom. The molecule has 22 heavy (non-hydrogen) atoms. The minimum absolute atomic E-state index is 0.0464. The van der Waals surface area contributed by atoms with Crippen LogP contribution in [-0.4, -0.2) is 54.8 Å². The van der Waals surface area contributed by atoms with Gasteiger partial charge < -0.3 is 14.4 Å². The second kappa shape index (κ2) is 6.75. The first-order valence-corrected chi connectivity index (χ1v) is 8.14. The first-order valence-electron chi connectivity index (χ1n) is 8.14. The molecule has 3 heterocycles. The van der Waals surface area contributed by atoms with E-state index >= 15 is 0 Å². The zero-order chi connectivity index (χ0) is 15.4. The third kappa shape index (κ3) is 3.01. The Kier molecular flexibility index (Phi) is 4.74. The molecule has 2 atom stereocenters. The zero-order valence-electron chi connectivity index (χ0n) is 13.2. The first-order chi connectivity index (χ1) is 10.7. The van der Waals surface area contributed by atoms with E-state index in [2.05, 4.69) is 4.98 Å². The van der Waals surface area contributed by atoms with Crippen molar-refractivity contribution in [1.82, 2.24) is 9.88 Å². The average molecular weight is 304 g/mol. The number of nitrogens with zero attached hydrogens (tertiary/aromatic N) is 2. The molecule has 2 aliphatic heterocycles. The van der Waals surface area contributed by atoms with Crippen LogP contribution in [0.25, 0.3) is 0 Å². The Morgan fingerprint density at radius 1 is 1.50 bits per heavy atom. The SMILES string of the molecule is CCOC[C@@]12CCCO[C@H]1CCN(C(=O)c1ccncc1)C2. The molecule has 2 aliphatic rings. The summed E-state index contributed by atoms with van der Waals surface area (Å²) in [7, 11) is 0. The van der Waals surface area contributed by atoms with Crippen LogP contribution in [0.5, 0.6) is 0 Å². The minimum Gasteiger partial charge on any atom is -0.381 e. The number of carbonyl (C=O) groups is 1. The van der Waals surface area contributed by atoms with Crippen molar-refractivity contribution in [2.24, 2.45) is 5.41 Å². The summed E-state index contributed by atoms with van der Waals surface area (Å²) >= 11 is 0. The van der Waals surface area contributed by atoms with E-state index in [1.807, 2.05) is 11.8 Å². The lowest BCUT2D eigenvalue weighted by atomic mass is 9.73. The van der Waals surface area contributed by atoms with Crippen LogP contribution in [-0.2, 0) is 9.47 Å². The van der Waals surface area contributed by atoms with Gasteiger partial charge in [-0.15, -0.1) is 0 Å². The number of hydrogen-bond acceptors (Lipinski definition) is 4. The van der Waals surface area contributed by atoms with E-state index < -0.39 is 0 Å². The Hall–Kier alpha value is -1.46. The number of likely N-dealkylation sites (tertiary alicyclic amines) is 1. The molecule has 0 bridgehead atoms. The van der Waals surface area contributed by atoms with E-state index in [-0.39, 0.29) is 17.4 Å². The van der Waals surface area contributed by atoms with E-state index in [4.69, 9.17) is 9.47 Å². The van der Waals surface area contributed by atoms with Crippen molar-refractivity contribution in [2.45, 2.75) is 32.3 Å². The molecule has 1 amide bonds. The Balaban J connectivity index is 1.76. The van der Waals surface area contributed by atoms with Gasteiger partial charge in [-0.3, -0.25) is 9.78 Å². The lowest BCUT2D eigenvalue weighted by molar-refractivity contribution is -0.146. The van der Waals surface area contributed by atoms with Gasteiger partial charge in [-0.25, -0.2) is 0 Å². The molecular weight excluding hydrogens is 280 g/mol. The maximum atomic E-state index is 12.7. The smallest absolute Gasteiger partial charge is 0.253 e. The topological polar surface area (TPSA) is 51.7 Å². The van der Waals surface area contributed by atoms with Gasteiger partial charge in [0.05, 0.1) is 12.7 Å². The summed E-state index contributed by atoms with van der Waals surface area (Å²) in [5, 5.41) is 0. The molecule has 0 unspecified atom stereocenters. The Labute approximate surface area is 131 Å². The van der Waals surface area contributed by atoms with Crippen molar-refractivity contribution in [2.75, 3.05) is 32.9 Å². The number of carbonyl (C=O) groups excluding carboxylic acids is 1. The summed E-state index contributed by atoms with van der Waals surface area (Å²) in [6, 6.07) is 3.56. The van der Waals surface area contributed by atoms with Crippen LogP contribution in [0, 0.1) is 5.41 Å². The first kappa shape index (κ1) is 15.4. The number of pyridine rings is 1. The molecule has 2 saturated heterocycles. The van der Waals surface area contributed by atoms with Gasteiger partial charge >= 0.3 is 0 Å². The summed E-state index contributed by atoms with van der Waals surface area (Å²) < 4.78 is 11.7. The summed E-state index contributed by atoms with van der Waals surface area (Å²) in [6.07, 6.45) is 6.55. The standard InChI is InChI=1S/C17H24N2O3/c1-2-21-13-17-7-3-11-22-15(17)6-10-19(12-17)16(20)14-4-8-18-9-5-14/h4-5,8-9,15H,2-3,6-7,10-13H2,1H3/t15-,17-/m0/s1. The van der Waals surface area contributed by atoms with Crippen LogP contribution in [0.2, 0.25) is 0 Å². The highest BCUT2D eigenvalue weighted by atomic mass is 16.5. The monoisotopic (exact) mass is 304 g/mol. The predicted molar refractivity (Wildman–Crippen MR) is 82.7 cm³/mol. The van der Waals surface area contributed by atoms with E-state index in [0.29, 0.717) is 18.8 Å². The van der Waals surface area contributed by atoms with Gasteiger partial charge in [0.25, 0.3) is 5.91 Å². The van der Waals surface area contributed by atoms with Gasteiger partial charge in [0.1, 0.15) is 0 Å². The quantitative estimate of drug-likeness (QED) is 0.855. The Bertz CT molecular complexity index is 508. The summed E-state index contributed by atoms with van der Waals surface area (Å²) in [4.78, 5) is 18.6. The lowest BCUT2D eigenvalue weighted by Crippen LogP contribution is -2.58. The fourth-order valence-corrected chi connectivity index (χ4v) is 3.66. The number of amides is 1. The van der Waals surface area contributed by atoms with Crippen molar-refractivity contribution < 1.29 is 14.3 Å². The summed E-state index contributed by atoms with van der Waals surface area (Å²) in [5.74, 6) is 0.0855. The number of fused-ring (bicyclic) bond motifs is 1. The number of ether oxygens (including phenoxy) is 2. The third-order valence-corrected chi connectivity index (χ3v) is 4.80. The zero-order valence-corrected chi connectivity index (χ0v) is 13.2. The largest absolute Gasteiger partial charge is 0.381 e. The number of aromatic nitrogens is 1. The predicted octanol–water partition coefficient (Wildman–Crippen LogP) is 2.13. The van der Waals surface area contributed by atoms with Crippen LogP contribution >= 0.6 is 0 Å². The number of piperidine rings is 1. The van der Waals surface area contributed by atoms with E-state index in [9.17, 15) is 4.79 Å². The minimum atomic E-state index is -0.0464. The molecule has 0 N–H and O–H groups in total. The Morgan fingerprint density at radius 2 is 2.32 bits per heavy atom. The maximum Gasteiger partial charge on any atom is 0.253 e. The van der Waals surface area contributed by atoms with Crippen LogP contribution in [0.3, 0.4) is 0 Å². The van der Waals surface area contributed by atoms with Gasteiger partial charge in [0.15, 0.2) is 0 Å². The molecule has 3 rings (SSSR count). The molecule has 5 nitrogen and oxygen atoms in total. The molecule has 1 aromatic heterocycles. The summed E-state index contributed by atoms with van der Waals surface area (Å²) in [6.45, 7) is 5.69. The van der Waals surface area contributed by atoms with Gasteiger partial charge in [0.2, 0.25) is 0 Å². The maximum absolute atomic E-state index is 12.7. The second-order valence-electron chi connectivity index (χ2n) is 6.21. The van der Waals surface area contributed by atoms with E-state index in [1.54, 1.807) is 24.5 Å². The third-order valence-electron chi connectivity index (χ3n) is 4.80. The van der Waals surface area contributed by atoms with Gasteiger partial charge in [0, 0.05) is 49.7 Å². The molecule has 2 fully saturated rings. The van der Waals surface area contributed by atoms with Crippen molar-refractivity contribution in [3.63, 3.8) is 0 Å². The molecule has 0 radical (unpaired) electrons. The van der Waals surface area contributed by atoms with E-state index in [0.717, 1.165) is 39.0 Å². The fourth-order valence-electron chi connectivity index (χ4n) is 3.66. The number of hydrogen-bond donors (Lipinski definition) is 0. The average Bonchev–Trinajstić information content (AvgIpc) is 2.59. The highest BCUT2D eigenvalue weighted by molar-refractivity contribution is 5.94. The molecular formula is C17H24N2O3. The van der Waals surface area contributed by atoms with Crippen LogP contribution < -0.4 is 0 Å². The van der Waals surface area contributed by atoms with Crippen LogP contribution in [0.1, 0.15) is 36.5 Å². The van der Waals surface area contributed by atoms with Gasteiger partial charge in [-0.05, 0) is 38.3 Å². The lowest BCUT2D eigenvalue weighted by Gasteiger charge is -2.50. The number of rotatable bonds is 4. The highest BCUT2D eigenvalue weighted by Crippen LogP contribution is 2.40. The molecule has 0 saturated carbocycles. The molecule has 5 heteroatoms. The normalized spacial score (nSPS) is 28.2. The molecule has 0 aromatic carbocycles. The fraction of sp³-hybridized carbons (Fsp3) is 0.647. The van der Waals surface area contributed by atoms with Crippen LogP contribution in [0.15, 0.2) is 24.5 Å². The van der Waals surface area contributed by atoms with Gasteiger partial charge in [-0.1, -0.05) is 0 Å². The molecule has 0 aliphatic carbocycles. The van der Waals surface area contributed by atoms with Crippen molar-refractivity contribution in [1.29, 1.82) is 0 Å². The van der Waals surface area contributed by atoms with E-state index in [1.165, 1.54) is 0 Å². The van der Waals surface area contributed by atoms with Crippen molar-refractivity contribution in [3.8, 4) is 0 Å². The molecule has 120 valence electrons. The summed E-state index contributed by atoms with van der Waals surface area (Å²) in [5.41, 5.74) is 0.659.